The third-order valence-corrected chi connectivity index (χ3v) is 14.4. The second-order valence-corrected chi connectivity index (χ2v) is 21.5. The van der Waals surface area contributed by atoms with Crippen LogP contribution in [-0.2, 0) is 41.8 Å². The van der Waals surface area contributed by atoms with E-state index >= 15 is 0 Å². The Hall–Kier alpha value is -1.38. The van der Waals surface area contributed by atoms with Crippen LogP contribution in [0.15, 0.2) is 12.2 Å². The number of carbonyl (C=O) groups is 2. The zero-order chi connectivity index (χ0) is 50.5. The third-order valence-electron chi connectivity index (χ3n) is 12.9. The molecule has 0 spiro atoms. The number of phosphoric acid groups is 2. The van der Waals surface area contributed by atoms with Crippen LogP contribution in [-0.4, -0.2) is 137 Å². The van der Waals surface area contributed by atoms with Crippen LogP contribution in [0.2, 0.25) is 0 Å². The van der Waals surface area contributed by atoms with Gasteiger partial charge < -0.3 is 59.9 Å². The highest BCUT2D eigenvalue weighted by molar-refractivity contribution is 7.47. The maximum atomic E-state index is 13.7. The van der Waals surface area contributed by atoms with Crippen molar-refractivity contribution in [3.8, 4) is 0 Å². The Morgan fingerprint density at radius 2 is 1.32 bits per heavy atom. The maximum absolute atomic E-state index is 13.7. The van der Waals surface area contributed by atoms with E-state index in [0.29, 0.717) is 38.5 Å². The molecule has 10 N–H and O–H groups in total. The molecule has 2 fully saturated rings. The number of rotatable bonds is 26. The zero-order valence-electron chi connectivity index (χ0n) is 40.6. The summed E-state index contributed by atoms with van der Waals surface area (Å²) in [6.07, 6.45) is 2.27. The van der Waals surface area contributed by atoms with Crippen molar-refractivity contribution in [2.45, 2.75) is 248 Å². The van der Waals surface area contributed by atoms with Crippen molar-refractivity contribution < 1.29 is 92.2 Å². The van der Waals surface area contributed by atoms with Crippen LogP contribution in [0.25, 0.3) is 0 Å². The molecule has 0 aromatic rings. The Labute approximate surface area is 404 Å². The number of ether oxygens (including phenoxy) is 2. The number of hydrogen-bond donors (Lipinski definition) is 10. The van der Waals surface area contributed by atoms with Crippen molar-refractivity contribution in [2.75, 3.05) is 13.2 Å². The molecule has 0 amide bonds. The normalized spacial score (nSPS) is 31.5. The Balaban J connectivity index is 2.27. The first-order valence-electron chi connectivity index (χ1n) is 25.5. The highest BCUT2D eigenvalue weighted by Crippen LogP contribution is 2.50. The van der Waals surface area contributed by atoms with Crippen LogP contribution in [0.5, 0.6) is 0 Å². The minimum atomic E-state index is -5.75. The summed E-state index contributed by atoms with van der Waals surface area (Å²) in [6, 6.07) is 0. The van der Waals surface area contributed by atoms with Crippen LogP contribution >= 0.6 is 15.6 Å². The lowest BCUT2D eigenvalue weighted by atomic mass is 9.82. The van der Waals surface area contributed by atoms with Gasteiger partial charge in [0.05, 0.1) is 37.1 Å². The van der Waals surface area contributed by atoms with Crippen molar-refractivity contribution in [2.24, 2.45) is 11.8 Å². The number of fused-ring (bicyclic) bond motifs is 4. The van der Waals surface area contributed by atoms with Gasteiger partial charge in [-0.3, -0.25) is 23.2 Å². The van der Waals surface area contributed by atoms with Crippen molar-refractivity contribution in [3.05, 3.63) is 12.2 Å². The minimum Gasteiger partial charge on any atom is -0.462 e. The molecular formula is C47H88O19P2. The van der Waals surface area contributed by atoms with Crippen LogP contribution in [0, 0.1) is 11.8 Å². The van der Waals surface area contributed by atoms with Gasteiger partial charge in [0, 0.05) is 31.1 Å². The van der Waals surface area contributed by atoms with E-state index < -0.39 is 120 Å². The summed E-state index contributed by atoms with van der Waals surface area (Å²) >= 11 is 0. The second-order valence-electron chi connectivity index (χ2n) is 18.9. The van der Waals surface area contributed by atoms with Gasteiger partial charge in [-0.05, 0) is 25.7 Å². The Bertz CT molecular complexity index is 1480. The van der Waals surface area contributed by atoms with Crippen LogP contribution in [0.1, 0.15) is 187 Å². The number of carbonyl (C=O) groups excluding carboxylic acids is 2. The summed E-state index contributed by atoms with van der Waals surface area (Å²) in [5, 5.41) is 79.8. The number of unbranched alkanes of at least 4 members (excludes halogenated alkanes) is 16. The molecule has 0 aromatic carbocycles. The fourth-order valence-electron chi connectivity index (χ4n) is 8.88. The van der Waals surface area contributed by atoms with Crippen LogP contribution in [0.4, 0.5) is 0 Å². The first kappa shape index (κ1) is 62.7. The van der Waals surface area contributed by atoms with Gasteiger partial charge in [-0.15, -0.1) is 0 Å². The smallest absolute Gasteiger partial charge is 0.462 e. The first-order chi connectivity index (χ1) is 32.3. The lowest BCUT2D eigenvalue weighted by Gasteiger charge is -2.39. The average Bonchev–Trinajstić information content (AvgIpc) is 3.28. The van der Waals surface area contributed by atoms with Gasteiger partial charge in [0.25, 0.3) is 0 Å². The van der Waals surface area contributed by atoms with E-state index in [1.807, 2.05) is 6.92 Å². The number of phosphoric ester groups is 2. The lowest BCUT2D eigenvalue weighted by Crippen LogP contribution is -2.56. The topological polar surface area (TPSA) is 317 Å². The molecule has 13 atom stereocenters. The van der Waals surface area contributed by atoms with E-state index in [-0.39, 0.29) is 25.7 Å². The molecule has 1 aliphatic heterocycles. The van der Waals surface area contributed by atoms with Gasteiger partial charge in [-0.1, -0.05) is 154 Å². The maximum Gasteiger partial charge on any atom is 0.472 e. The summed E-state index contributed by atoms with van der Waals surface area (Å²) in [4.78, 5) is 56.7. The molecule has 1 saturated carbocycles. The largest absolute Gasteiger partial charge is 0.472 e. The molecule has 0 radical (unpaired) electrons. The highest BCUT2D eigenvalue weighted by Gasteiger charge is 2.51. The number of esters is 2. The molecule has 2 rings (SSSR count). The standard InChI is InChI=1S/C47H88O19P2/c1-3-5-7-8-9-10-11-12-13-14-15-16-17-18-23-27-40(51)62-32-35-33-63-68(60,61)66-47-45(56)44(55)42(53)36(26-22-19-20-24-28-41(52)64-35)38(49)31-39(50)37(30-29-34(48)25-21-6-4-2)43(54)46(47)65-67(57,58)59/h29-30,34-39,42-50,53-56H,3-28,31-33H2,1-2H3,(H,60,61)(H2,57,58,59)/b30-29+/t34-,35+,36-,37-,38-,39+,42+,43+,44-,45+,46+,47-/m0/s1. The van der Waals surface area contributed by atoms with Crippen molar-refractivity contribution in [1.29, 1.82) is 0 Å². The SMILES string of the molecule is CCCCCCCCCCCCCCCCCC(=O)OC[C@@H]1COP(=O)(O)O[C@H]2[C@H](O)[C@@H](O)[C@H](O)[C@@H](CCCCCCC(=O)O1)[C@@H](O)C[C@@H](O)[C@H](/C=C/[C@@H](O)CCCCC)[C@@H](O)[C@H]2OP(=O)(O)O. The summed E-state index contributed by atoms with van der Waals surface area (Å²) in [5.41, 5.74) is 0. The van der Waals surface area contributed by atoms with Crippen molar-refractivity contribution in [1.82, 2.24) is 0 Å². The molecule has 1 unspecified atom stereocenters. The number of aliphatic hydroxyl groups excluding tert-OH is 7. The Kier molecular flexibility index (Phi) is 32.2. The molecule has 21 heteroatoms. The predicted molar refractivity (Wildman–Crippen MR) is 253 cm³/mol. The quantitative estimate of drug-likeness (QED) is 0.0196. The number of aliphatic hydroxyl groups is 7. The van der Waals surface area contributed by atoms with E-state index in [1.54, 1.807) is 0 Å². The molecule has 1 heterocycles. The van der Waals surface area contributed by atoms with Gasteiger partial charge in [-0.2, -0.15) is 0 Å². The van der Waals surface area contributed by atoms with E-state index in [1.165, 1.54) is 70.3 Å². The third kappa shape index (κ3) is 26.4. The van der Waals surface area contributed by atoms with E-state index in [2.05, 4.69) is 6.92 Å². The van der Waals surface area contributed by atoms with Crippen molar-refractivity contribution >= 4 is 27.6 Å². The second kappa shape index (κ2) is 34.9. The molecule has 2 bridgehead atoms. The van der Waals surface area contributed by atoms with Gasteiger partial charge in [0.15, 0.2) is 6.10 Å². The fraction of sp³-hybridized carbons (Fsp3) is 0.915. The molecule has 1 aliphatic carbocycles. The number of cyclic esters (lactones) is 1. The Morgan fingerprint density at radius 3 is 1.91 bits per heavy atom. The summed E-state index contributed by atoms with van der Waals surface area (Å²) < 4.78 is 52.3. The van der Waals surface area contributed by atoms with Gasteiger partial charge in [0.1, 0.15) is 31.0 Å². The summed E-state index contributed by atoms with van der Waals surface area (Å²) in [7, 11) is -11.4. The highest BCUT2D eigenvalue weighted by atomic mass is 31.2. The van der Waals surface area contributed by atoms with Gasteiger partial charge in [0.2, 0.25) is 0 Å². The van der Waals surface area contributed by atoms with Crippen LogP contribution < -0.4 is 0 Å². The lowest BCUT2D eigenvalue weighted by molar-refractivity contribution is -0.166. The number of hydrogen-bond acceptors (Lipinski definition) is 16. The fourth-order valence-corrected chi connectivity index (χ4v) is 10.4. The monoisotopic (exact) mass is 1020 g/mol. The average molecular weight is 1020 g/mol. The van der Waals surface area contributed by atoms with E-state index in [9.17, 15) is 69.1 Å². The summed E-state index contributed by atoms with van der Waals surface area (Å²) in [5.74, 6) is -4.34. The predicted octanol–water partition coefficient (Wildman–Crippen LogP) is 6.34. The van der Waals surface area contributed by atoms with Gasteiger partial charge in [-0.25, -0.2) is 9.13 Å². The molecule has 19 nitrogen and oxygen atoms in total. The minimum absolute atomic E-state index is 0.0230. The molecule has 2 aliphatic rings. The van der Waals surface area contributed by atoms with Crippen molar-refractivity contribution in [3.63, 3.8) is 0 Å². The molecular weight excluding hydrogens is 930 g/mol. The molecule has 68 heavy (non-hydrogen) atoms. The van der Waals surface area contributed by atoms with E-state index in [4.69, 9.17) is 23.0 Å². The molecule has 400 valence electrons. The van der Waals surface area contributed by atoms with Crippen LogP contribution in [0.3, 0.4) is 0 Å². The Morgan fingerprint density at radius 1 is 0.765 bits per heavy atom. The molecule has 1 saturated heterocycles. The zero-order valence-corrected chi connectivity index (χ0v) is 42.4. The van der Waals surface area contributed by atoms with Gasteiger partial charge >= 0.3 is 27.6 Å². The summed E-state index contributed by atoms with van der Waals surface area (Å²) in [6.45, 7) is 2.63. The molecule has 0 aromatic heterocycles. The first-order valence-corrected chi connectivity index (χ1v) is 28.5. The van der Waals surface area contributed by atoms with E-state index in [0.717, 1.165) is 44.6 Å².